The van der Waals surface area contributed by atoms with Crippen molar-refractivity contribution in [3.05, 3.63) is 34.9 Å². The van der Waals surface area contributed by atoms with E-state index in [1.807, 2.05) is 24.3 Å². The maximum Gasteiger partial charge on any atom is 0.237 e. The monoisotopic (exact) mass is 310 g/mol. The first-order chi connectivity index (χ1) is 9.69. The molecule has 1 N–H and O–H groups in total. The second-order valence-electron chi connectivity index (χ2n) is 5.15. The van der Waals surface area contributed by atoms with Gasteiger partial charge in [0.25, 0.3) is 0 Å². The third-order valence-electron chi connectivity index (χ3n) is 3.91. The molecule has 2 saturated heterocycles. The van der Waals surface area contributed by atoms with E-state index in [1.165, 1.54) is 11.8 Å². The quantitative estimate of drug-likeness (QED) is 0.674. The third kappa shape index (κ3) is 2.57. The summed E-state index contributed by atoms with van der Waals surface area (Å²) in [5.74, 6) is 0.0359. The molecule has 0 radical (unpaired) electrons. The lowest BCUT2D eigenvalue weighted by Gasteiger charge is -2.33. The molecular formula is C14H15ClN2O2S. The maximum atomic E-state index is 11.7. The number of piperidine rings is 1. The van der Waals surface area contributed by atoms with Crippen LogP contribution in [0.2, 0.25) is 5.02 Å². The SMILES string of the molecule is O=C1SC2CCN(Cc3ccccc3Cl)CC2C1=NO. The van der Waals surface area contributed by atoms with Gasteiger partial charge in [0.15, 0.2) is 0 Å². The molecule has 0 bridgehead atoms. The van der Waals surface area contributed by atoms with Crippen LogP contribution in [0.4, 0.5) is 0 Å². The van der Waals surface area contributed by atoms with Crippen LogP contribution in [0, 0.1) is 5.92 Å². The van der Waals surface area contributed by atoms with Gasteiger partial charge < -0.3 is 5.21 Å². The highest BCUT2D eigenvalue weighted by molar-refractivity contribution is 8.16. The minimum Gasteiger partial charge on any atom is -0.411 e. The van der Waals surface area contributed by atoms with Crippen LogP contribution in [0.25, 0.3) is 0 Å². The van der Waals surface area contributed by atoms with E-state index < -0.39 is 0 Å². The number of likely N-dealkylation sites (tertiary alicyclic amines) is 1. The molecule has 4 nitrogen and oxygen atoms in total. The standard InChI is InChI=1S/C14H15ClN2O2S/c15-11-4-2-1-3-9(11)7-17-6-5-12-10(8-17)13(16-19)14(18)20-12/h1-4,10,12,19H,5-8H2. The molecule has 1 aromatic carbocycles. The van der Waals surface area contributed by atoms with Gasteiger partial charge >= 0.3 is 0 Å². The first-order valence-corrected chi connectivity index (χ1v) is 7.83. The second-order valence-corrected chi connectivity index (χ2v) is 6.77. The van der Waals surface area contributed by atoms with Crippen molar-refractivity contribution in [2.24, 2.45) is 11.1 Å². The number of carbonyl (C=O) groups excluding carboxylic acids is 1. The van der Waals surface area contributed by atoms with Crippen LogP contribution >= 0.6 is 23.4 Å². The Morgan fingerprint density at radius 3 is 3.00 bits per heavy atom. The summed E-state index contributed by atoms with van der Waals surface area (Å²) >= 11 is 7.50. The van der Waals surface area contributed by atoms with Gasteiger partial charge in [-0.15, -0.1) is 0 Å². The van der Waals surface area contributed by atoms with Crippen molar-refractivity contribution < 1.29 is 10.0 Å². The Hall–Kier alpha value is -1.04. The van der Waals surface area contributed by atoms with Gasteiger partial charge in [0, 0.05) is 29.3 Å². The van der Waals surface area contributed by atoms with Gasteiger partial charge in [-0.25, -0.2) is 0 Å². The molecule has 6 heteroatoms. The number of oxime groups is 1. The van der Waals surface area contributed by atoms with Gasteiger partial charge in [0.05, 0.1) is 0 Å². The number of thioether (sulfide) groups is 1. The highest BCUT2D eigenvalue weighted by atomic mass is 35.5. The average molecular weight is 311 g/mol. The van der Waals surface area contributed by atoms with Crippen molar-refractivity contribution in [3.63, 3.8) is 0 Å². The first-order valence-electron chi connectivity index (χ1n) is 6.57. The summed E-state index contributed by atoms with van der Waals surface area (Å²) in [7, 11) is 0. The molecule has 2 heterocycles. The molecule has 2 fully saturated rings. The predicted octanol–water partition coefficient (Wildman–Crippen LogP) is 2.63. The molecule has 0 saturated carbocycles. The summed E-state index contributed by atoms with van der Waals surface area (Å²) < 4.78 is 0. The maximum absolute atomic E-state index is 11.7. The lowest BCUT2D eigenvalue weighted by Crippen LogP contribution is -2.42. The molecule has 0 aliphatic carbocycles. The smallest absolute Gasteiger partial charge is 0.237 e. The average Bonchev–Trinajstić information content (AvgIpc) is 2.76. The van der Waals surface area contributed by atoms with Gasteiger partial charge in [0.2, 0.25) is 5.12 Å². The summed E-state index contributed by atoms with van der Waals surface area (Å²) in [5.41, 5.74) is 1.41. The highest BCUT2D eigenvalue weighted by Gasteiger charge is 2.43. The van der Waals surface area contributed by atoms with E-state index in [-0.39, 0.29) is 16.3 Å². The predicted molar refractivity (Wildman–Crippen MR) is 80.4 cm³/mol. The van der Waals surface area contributed by atoms with Crippen LogP contribution in [0.5, 0.6) is 0 Å². The van der Waals surface area contributed by atoms with Crippen LogP contribution in [-0.2, 0) is 11.3 Å². The number of nitrogens with zero attached hydrogens (tertiary/aromatic N) is 2. The van der Waals surface area contributed by atoms with E-state index >= 15 is 0 Å². The minimum absolute atomic E-state index is 0.0359. The number of hydrogen-bond acceptors (Lipinski definition) is 5. The number of fused-ring (bicyclic) bond motifs is 1. The van der Waals surface area contributed by atoms with E-state index in [1.54, 1.807) is 0 Å². The zero-order valence-electron chi connectivity index (χ0n) is 10.8. The van der Waals surface area contributed by atoms with Gasteiger partial charge in [-0.1, -0.05) is 46.7 Å². The summed E-state index contributed by atoms with van der Waals surface area (Å²) in [6, 6.07) is 7.80. The number of hydrogen-bond donors (Lipinski definition) is 1. The molecule has 0 aromatic heterocycles. The summed E-state index contributed by atoms with van der Waals surface area (Å²) in [6.45, 7) is 2.44. The van der Waals surface area contributed by atoms with E-state index in [0.717, 1.165) is 36.6 Å². The van der Waals surface area contributed by atoms with Crippen LogP contribution in [0.3, 0.4) is 0 Å². The van der Waals surface area contributed by atoms with Crippen LogP contribution in [0.1, 0.15) is 12.0 Å². The van der Waals surface area contributed by atoms with Crippen LogP contribution in [-0.4, -0.2) is 39.3 Å². The molecule has 2 unspecified atom stereocenters. The molecule has 20 heavy (non-hydrogen) atoms. The van der Waals surface area contributed by atoms with Crippen LogP contribution in [0.15, 0.2) is 29.4 Å². The molecule has 106 valence electrons. The summed E-state index contributed by atoms with van der Waals surface area (Å²) in [6.07, 6.45) is 0.935. The first kappa shape index (κ1) is 13.9. The fourth-order valence-corrected chi connectivity index (χ4v) is 4.26. The number of halogens is 1. The largest absolute Gasteiger partial charge is 0.411 e. The van der Waals surface area contributed by atoms with Crippen molar-refractivity contribution in [2.75, 3.05) is 13.1 Å². The zero-order chi connectivity index (χ0) is 14.1. The third-order valence-corrected chi connectivity index (χ3v) is 5.57. The Morgan fingerprint density at radius 2 is 2.25 bits per heavy atom. The highest BCUT2D eigenvalue weighted by Crippen LogP contribution is 2.38. The lowest BCUT2D eigenvalue weighted by molar-refractivity contribution is -0.105. The molecule has 2 aliphatic rings. The molecule has 0 amide bonds. The van der Waals surface area contributed by atoms with Crippen molar-refractivity contribution >= 4 is 34.2 Å². The van der Waals surface area contributed by atoms with Gasteiger partial charge in [0.1, 0.15) is 5.71 Å². The zero-order valence-corrected chi connectivity index (χ0v) is 12.4. The normalized spacial score (nSPS) is 28.9. The molecule has 2 atom stereocenters. The molecule has 2 aliphatic heterocycles. The Bertz CT molecular complexity index is 564. The Morgan fingerprint density at radius 1 is 1.45 bits per heavy atom. The Labute approximate surface area is 126 Å². The van der Waals surface area contributed by atoms with E-state index in [0.29, 0.717) is 5.71 Å². The number of rotatable bonds is 2. The van der Waals surface area contributed by atoms with Crippen molar-refractivity contribution in [1.82, 2.24) is 4.90 Å². The fraction of sp³-hybridized carbons (Fsp3) is 0.429. The lowest BCUT2D eigenvalue weighted by atomic mass is 9.93. The molecule has 1 aromatic rings. The second kappa shape index (κ2) is 5.76. The summed E-state index contributed by atoms with van der Waals surface area (Å²) in [5, 5.41) is 13.2. The van der Waals surface area contributed by atoms with E-state index in [4.69, 9.17) is 16.8 Å². The van der Waals surface area contributed by atoms with Crippen molar-refractivity contribution in [3.8, 4) is 0 Å². The van der Waals surface area contributed by atoms with E-state index in [9.17, 15) is 4.79 Å². The Balaban J connectivity index is 1.72. The molecule has 0 spiro atoms. The van der Waals surface area contributed by atoms with Gasteiger partial charge in [-0.3, -0.25) is 9.69 Å². The van der Waals surface area contributed by atoms with Gasteiger partial charge in [-0.2, -0.15) is 0 Å². The Kier molecular flexibility index (Phi) is 4.01. The summed E-state index contributed by atoms with van der Waals surface area (Å²) in [4.78, 5) is 14.0. The van der Waals surface area contributed by atoms with Gasteiger partial charge in [-0.05, 0) is 24.6 Å². The fourth-order valence-electron chi connectivity index (χ4n) is 2.88. The minimum atomic E-state index is -0.0814. The molecule has 3 rings (SSSR count). The number of benzene rings is 1. The number of carbonyl (C=O) groups is 1. The topological polar surface area (TPSA) is 52.9 Å². The molecular weight excluding hydrogens is 296 g/mol. The van der Waals surface area contributed by atoms with Crippen molar-refractivity contribution in [2.45, 2.75) is 18.2 Å². The van der Waals surface area contributed by atoms with Crippen molar-refractivity contribution in [1.29, 1.82) is 0 Å². The van der Waals surface area contributed by atoms with E-state index in [2.05, 4.69) is 10.1 Å². The van der Waals surface area contributed by atoms with Crippen LogP contribution < -0.4 is 0 Å².